The number of benzene rings is 2. The molecule has 146 valence electrons. The number of hydrogen-bond donors (Lipinski definition) is 2. The molecule has 2 heterocycles. The van der Waals surface area contributed by atoms with Crippen molar-refractivity contribution in [1.82, 2.24) is 4.90 Å². The second kappa shape index (κ2) is 7.51. The maximum absolute atomic E-state index is 12.6. The van der Waals surface area contributed by atoms with Gasteiger partial charge in [0, 0.05) is 24.4 Å². The molecule has 2 aromatic carbocycles. The van der Waals surface area contributed by atoms with Gasteiger partial charge in [-0.3, -0.25) is 9.69 Å². The smallest absolute Gasteiger partial charge is 0.257 e. The molecule has 3 atom stereocenters. The molecule has 0 saturated carbocycles. The van der Waals surface area contributed by atoms with E-state index in [1.54, 1.807) is 0 Å². The Bertz CT molecular complexity index is 896. The summed E-state index contributed by atoms with van der Waals surface area (Å²) in [6.45, 7) is 1.12. The van der Waals surface area contributed by atoms with E-state index in [0.717, 1.165) is 18.5 Å². The first-order valence-corrected chi connectivity index (χ1v) is 9.68. The summed E-state index contributed by atoms with van der Waals surface area (Å²) in [7, 11) is 3.59. The van der Waals surface area contributed by atoms with Gasteiger partial charge in [-0.25, -0.2) is 0 Å². The van der Waals surface area contributed by atoms with Gasteiger partial charge >= 0.3 is 0 Å². The summed E-state index contributed by atoms with van der Waals surface area (Å²) in [4.78, 5) is 14.9. The molecule has 2 aliphatic rings. The van der Waals surface area contributed by atoms with Crippen LogP contribution in [0, 0.1) is 0 Å². The largest absolute Gasteiger partial charge is 0.377 e. The zero-order valence-electron chi connectivity index (χ0n) is 16.3. The number of likely N-dealkylation sites (N-methyl/N-ethyl adjacent to an activating group) is 1. The lowest BCUT2D eigenvalue weighted by Gasteiger charge is -2.40. The monoisotopic (exact) mass is 378 g/mol. The van der Waals surface area contributed by atoms with Crippen LogP contribution in [-0.4, -0.2) is 48.8 Å². The predicted octanol–water partition coefficient (Wildman–Crippen LogP) is 3.00. The van der Waals surface area contributed by atoms with E-state index in [4.69, 9.17) is 4.74 Å². The number of nitrogens with zero attached hydrogens (tertiary/aromatic N) is 1. The van der Waals surface area contributed by atoms with Gasteiger partial charge in [-0.15, -0.1) is 0 Å². The summed E-state index contributed by atoms with van der Waals surface area (Å²) in [5, 5.41) is 14.6. The summed E-state index contributed by atoms with van der Waals surface area (Å²) < 4.78 is 5.44. The third-order valence-corrected chi connectivity index (χ3v) is 5.87. The van der Waals surface area contributed by atoms with Gasteiger partial charge < -0.3 is 15.2 Å². The molecule has 0 bridgehead atoms. The maximum Gasteiger partial charge on any atom is 0.257 e. The first-order valence-electron chi connectivity index (χ1n) is 9.68. The quantitative estimate of drug-likeness (QED) is 0.859. The summed E-state index contributed by atoms with van der Waals surface area (Å²) >= 11 is 0. The average molecular weight is 378 g/mol. The Morgan fingerprint density at radius 2 is 2.04 bits per heavy atom. The lowest BCUT2D eigenvalue weighted by Crippen LogP contribution is -2.52. The van der Waals surface area contributed by atoms with Gasteiger partial charge in [0.1, 0.15) is 0 Å². The predicted molar refractivity (Wildman–Crippen MR) is 110 cm³/mol. The molecule has 1 amide bonds. The second-order valence-corrected chi connectivity index (χ2v) is 7.59. The van der Waals surface area contributed by atoms with Crippen LogP contribution in [0.4, 0.5) is 5.69 Å². The summed E-state index contributed by atoms with van der Waals surface area (Å²) in [6, 6.07) is 15.4. The molecule has 1 saturated heterocycles. The second-order valence-electron chi connectivity index (χ2n) is 7.59. The Labute approximate surface area is 165 Å². The molecule has 5 heteroatoms. The summed E-state index contributed by atoms with van der Waals surface area (Å²) in [5.74, 6) is -0.350. The number of amides is 1. The van der Waals surface area contributed by atoms with Gasteiger partial charge in [-0.1, -0.05) is 48.6 Å². The Morgan fingerprint density at radius 1 is 1.25 bits per heavy atom. The van der Waals surface area contributed by atoms with Crippen molar-refractivity contribution in [3.05, 3.63) is 71.3 Å². The molecule has 28 heavy (non-hydrogen) atoms. The highest BCUT2D eigenvalue weighted by Crippen LogP contribution is 2.42. The van der Waals surface area contributed by atoms with Gasteiger partial charge in [0.05, 0.1) is 0 Å². The van der Waals surface area contributed by atoms with Gasteiger partial charge in [-0.05, 0) is 49.7 Å². The van der Waals surface area contributed by atoms with Crippen LogP contribution in [0.25, 0.3) is 6.08 Å². The lowest BCUT2D eigenvalue weighted by atomic mass is 9.77. The number of anilines is 1. The Kier molecular flexibility index (Phi) is 5.06. The molecular weight excluding hydrogens is 352 g/mol. The fourth-order valence-electron chi connectivity index (χ4n) is 4.30. The van der Waals surface area contributed by atoms with Gasteiger partial charge in [0.25, 0.3) is 5.91 Å². The number of hydrogen-bond acceptors (Lipinski definition) is 4. The van der Waals surface area contributed by atoms with Crippen LogP contribution in [0.1, 0.15) is 29.5 Å². The lowest BCUT2D eigenvalue weighted by molar-refractivity contribution is -0.142. The number of carbonyl (C=O) groups is 1. The normalized spacial score (nSPS) is 27.8. The van der Waals surface area contributed by atoms with Crippen LogP contribution in [0.2, 0.25) is 0 Å². The average Bonchev–Trinajstić information content (AvgIpc) is 3.12. The highest BCUT2D eigenvalue weighted by atomic mass is 16.5. The van der Waals surface area contributed by atoms with Crippen molar-refractivity contribution >= 4 is 17.7 Å². The molecule has 2 N–H and O–H groups in total. The van der Waals surface area contributed by atoms with E-state index in [-0.39, 0.29) is 5.91 Å². The van der Waals surface area contributed by atoms with Crippen LogP contribution in [0.15, 0.2) is 54.6 Å². The first-order chi connectivity index (χ1) is 13.5. The summed E-state index contributed by atoms with van der Waals surface area (Å²) in [6.07, 6.45) is 5.66. The minimum absolute atomic E-state index is 0.350. The molecule has 0 aromatic heterocycles. The third-order valence-electron chi connectivity index (χ3n) is 5.87. The van der Waals surface area contributed by atoms with E-state index in [9.17, 15) is 9.90 Å². The molecular formula is C23H26N2O3. The molecule has 5 nitrogen and oxygen atoms in total. The van der Waals surface area contributed by atoms with E-state index in [2.05, 4.69) is 29.4 Å². The van der Waals surface area contributed by atoms with Gasteiger partial charge in [-0.2, -0.15) is 0 Å². The Morgan fingerprint density at radius 3 is 2.71 bits per heavy atom. The molecule has 2 aliphatic heterocycles. The summed E-state index contributed by atoms with van der Waals surface area (Å²) in [5.41, 5.74) is 1.32. The maximum atomic E-state index is 12.6. The van der Waals surface area contributed by atoms with E-state index in [0.29, 0.717) is 22.9 Å². The molecule has 2 aromatic rings. The van der Waals surface area contributed by atoms with E-state index >= 15 is 0 Å². The molecule has 0 aliphatic carbocycles. The van der Waals surface area contributed by atoms with Crippen molar-refractivity contribution < 1.29 is 14.6 Å². The fourth-order valence-corrected chi connectivity index (χ4v) is 4.30. The number of fused-ring (bicyclic) bond motifs is 1. The standard InChI is InChI=1S/C23H26N2O3/c1-25-14-6-9-18(25)12-10-16-11-13-20-19(15-16)23(27,17-7-4-3-5-8-17)21(28-2)22(26)24-20/h3-5,7-8,10-13,15,18,21,27H,6,9,14H2,1-2H3,(H,24,26). The number of aliphatic hydroxyl groups is 1. The van der Waals surface area contributed by atoms with E-state index in [1.165, 1.54) is 13.5 Å². The SMILES string of the molecule is COC1C(=O)Nc2ccc(C=CC3CCCN3C)cc2C1(O)c1ccccc1. The van der Waals surface area contributed by atoms with Crippen LogP contribution < -0.4 is 5.32 Å². The van der Waals surface area contributed by atoms with Crippen molar-refractivity contribution in [3.63, 3.8) is 0 Å². The minimum atomic E-state index is -1.55. The Balaban J connectivity index is 1.78. The van der Waals surface area contributed by atoms with Crippen molar-refractivity contribution in [3.8, 4) is 0 Å². The number of methoxy groups -OCH3 is 1. The van der Waals surface area contributed by atoms with Gasteiger partial charge in [0.2, 0.25) is 0 Å². The number of nitrogens with one attached hydrogen (secondary N) is 1. The zero-order valence-corrected chi connectivity index (χ0v) is 16.3. The zero-order chi connectivity index (χ0) is 19.7. The Hall–Kier alpha value is -2.47. The molecule has 4 rings (SSSR count). The topological polar surface area (TPSA) is 61.8 Å². The van der Waals surface area contributed by atoms with Crippen LogP contribution in [0.3, 0.4) is 0 Å². The first kappa shape index (κ1) is 18.9. The highest BCUT2D eigenvalue weighted by molar-refractivity contribution is 5.99. The van der Waals surface area contributed by atoms with Crippen molar-refractivity contribution in [2.75, 3.05) is 26.0 Å². The van der Waals surface area contributed by atoms with Crippen molar-refractivity contribution in [1.29, 1.82) is 0 Å². The van der Waals surface area contributed by atoms with E-state index in [1.807, 2.05) is 48.5 Å². The number of rotatable bonds is 4. The van der Waals surface area contributed by atoms with Crippen molar-refractivity contribution in [2.45, 2.75) is 30.6 Å². The van der Waals surface area contributed by atoms with Crippen LogP contribution in [-0.2, 0) is 15.1 Å². The minimum Gasteiger partial charge on any atom is -0.377 e. The van der Waals surface area contributed by atoms with Crippen LogP contribution >= 0.6 is 0 Å². The number of likely N-dealkylation sites (tertiary alicyclic amines) is 1. The number of carbonyl (C=O) groups excluding carboxylic acids is 1. The molecule has 0 spiro atoms. The fraction of sp³-hybridized carbons (Fsp3) is 0.348. The van der Waals surface area contributed by atoms with Crippen molar-refractivity contribution in [2.24, 2.45) is 0 Å². The van der Waals surface area contributed by atoms with Gasteiger partial charge in [0.15, 0.2) is 11.7 Å². The molecule has 1 fully saturated rings. The molecule has 0 radical (unpaired) electrons. The third kappa shape index (κ3) is 3.15. The van der Waals surface area contributed by atoms with E-state index < -0.39 is 11.7 Å². The number of ether oxygens (including phenoxy) is 1. The highest BCUT2D eigenvalue weighted by Gasteiger charge is 2.49. The molecule has 3 unspecified atom stereocenters. The van der Waals surface area contributed by atoms with Crippen LogP contribution in [0.5, 0.6) is 0 Å².